The maximum Gasteiger partial charge on any atom is 0.166 e. The van der Waals surface area contributed by atoms with Crippen LogP contribution < -0.4 is 0 Å². The number of nitrogens with zero attached hydrogens (tertiary/aromatic N) is 5. The van der Waals surface area contributed by atoms with E-state index in [1.54, 1.807) is 6.20 Å². The summed E-state index contributed by atoms with van der Waals surface area (Å²) in [5.41, 5.74) is 4.98. The van der Waals surface area contributed by atoms with E-state index in [1.807, 2.05) is 55.0 Å². The summed E-state index contributed by atoms with van der Waals surface area (Å²) in [6.45, 7) is 5.98. The third-order valence-corrected chi connectivity index (χ3v) is 4.32. The van der Waals surface area contributed by atoms with Gasteiger partial charge in [-0.2, -0.15) is 5.10 Å². The second-order valence-corrected chi connectivity index (χ2v) is 6.31. The average molecular weight is 347 g/mol. The Morgan fingerprint density at radius 3 is 2.81 bits per heavy atom. The van der Waals surface area contributed by atoms with Crippen molar-refractivity contribution in [3.63, 3.8) is 0 Å². The van der Waals surface area contributed by atoms with Crippen molar-refractivity contribution in [2.45, 2.75) is 27.0 Å². The summed E-state index contributed by atoms with van der Waals surface area (Å²) in [5, 5.41) is 4.46. The maximum absolute atomic E-state index is 5.81. The van der Waals surface area contributed by atoms with E-state index in [0.29, 0.717) is 13.2 Å². The summed E-state index contributed by atoms with van der Waals surface area (Å²) < 4.78 is 9.75. The van der Waals surface area contributed by atoms with Crippen LogP contribution in [-0.4, -0.2) is 30.8 Å². The van der Waals surface area contributed by atoms with Crippen molar-refractivity contribution in [1.82, 2.24) is 24.1 Å². The van der Waals surface area contributed by atoms with Crippen molar-refractivity contribution in [1.29, 1.82) is 0 Å². The van der Waals surface area contributed by atoms with Crippen LogP contribution in [0.4, 0.5) is 0 Å². The van der Waals surface area contributed by atoms with Crippen LogP contribution in [0.1, 0.15) is 17.0 Å². The monoisotopic (exact) mass is 347 g/mol. The molecule has 132 valence electrons. The number of aromatic nitrogens is 5. The maximum atomic E-state index is 5.81. The normalized spacial score (nSPS) is 11.3. The van der Waals surface area contributed by atoms with Crippen LogP contribution in [0.2, 0.25) is 0 Å². The second kappa shape index (κ2) is 7.09. The predicted octanol–water partition coefficient (Wildman–Crippen LogP) is 3.43. The van der Waals surface area contributed by atoms with Gasteiger partial charge in [0.1, 0.15) is 5.82 Å². The van der Waals surface area contributed by atoms with Gasteiger partial charge in [0.25, 0.3) is 0 Å². The molecule has 0 saturated carbocycles. The number of hydrogen-bond donors (Lipinski definition) is 0. The topological polar surface area (TPSA) is 57.2 Å². The Morgan fingerprint density at radius 2 is 1.96 bits per heavy atom. The molecule has 4 rings (SSSR count). The zero-order chi connectivity index (χ0) is 17.9. The number of aryl methyl sites for hydroxylation is 2. The summed E-state index contributed by atoms with van der Waals surface area (Å²) in [7, 11) is 0. The number of rotatable bonds is 6. The first-order valence-electron chi connectivity index (χ1n) is 8.67. The Labute approximate surface area is 152 Å². The molecule has 0 radical (unpaired) electrons. The molecule has 3 heterocycles. The van der Waals surface area contributed by atoms with Crippen LogP contribution in [0, 0.1) is 13.8 Å². The van der Waals surface area contributed by atoms with E-state index in [4.69, 9.17) is 4.74 Å². The largest absolute Gasteiger partial charge is 0.375 e. The number of hydrogen-bond acceptors (Lipinski definition) is 4. The van der Waals surface area contributed by atoms with Crippen molar-refractivity contribution in [2.24, 2.45) is 0 Å². The Kier molecular flexibility index (Phi) is 4.50. The van der Waals surface area contributed by atoms with Crippen LogP contribution in [-0.2, 0) is 17.9 Å². The molecule has 0 saturated heterocycles. The van der Waals surface area contributed by atoms with Crippen molar-refractivity contribution in [3.8, 4) is 11.4 Å². The fourth-order valence-electron chi connectivity index (χ4n) is 3.09. The lowest BCUT2D eigenvalue weighted by Gasteiger charge is -2.08. The van der Waals surface area contributed by atoms with Crippen molar-refractivity contribution >= 4 is 5.65 Å². The lowest BCUT2D eigenvalue weighted by Crippen LogP contribution is -2.07. The van der Waals surface area contributed by atoms with Gasteiger partial charge in [0, 0.05) is 30.3 Å². The molecular formula is C20H21N5O. The Morgan fingerprint density at radius 1 is 1.12 bits per heavy atom. The highest BCUT2D eigenvalue weighted by molar-refractivity contribution is 5.72. The number of ether oxygens (including phenoxy) is 1. The lowest BCUT2D eigenvalue weighted by molar-refractivity contribution is 0.113. The zero-order valence-corrected chi connectivity index (χ0v) is 15.0. The molecule has 0 aliphatic carbocycles. The Hall–Kier alpha value is -2.99. The van der Waals surface area contributed by atoms with Crippen LogP contribution in [0.25, 0.3) is 17.0 Å². The van der Waals surface area contributed by atoms with Crippen LogP contribution in [0.5, 0.6) is 0 Å². The third-order valence-electron chi connectivity index (χ3n) is 4.32. The molecule has 0 amide bonds. The van der Waals surface area contributed by atoms with Gasteiger partial charge in [-0.3, -0.25) is 0 Å². The van der Waals surface area contributed by atoms with Gasteiger partial charge in [-0.25, -0.2) is 14.5 Å². The fraction of sp³-hybridized carbons (Fsp3) is 0.250. The highest BCUT2D eigenvalue weighted by Gasteiger charge is 2.14. The summed E-state index contributed by atoms with van der Waals surface area (Å²) in [5.74, 6) is 0.862. The lowest BCUT2D eigenvalue weighted by atomic mass is 10.2. The molecule has 4 aromatic rings. The van der Waals surface area contributed by atoms with Crippen LogP contribution in [0.3, 0.4) is 0 Å². The van der Waals surface area contributed by atoms with Gasteiger partial charge in [-0.15, -0.1) is 0 Å². The first-order chi connectivity index (χ1) is 12.7. The minimum Gasteiger partial charge on any atom is -0.375 e. The highest BCUT2D eigenvalue weighted by Crippen LogP contribution is 2.23. The molecule has 0 aliphatic rings. The molecule has 1 aromatic carbocycles. The van der Waals surface area contributed by atoms with Gasteiger partial charge in [-0.1, -0.05) is 30.3 Å². The highest BCUT2D eigenvalue weighted by atomic mass is 16.5. The fourth-order valence-corrected chi connectivity index (χ4v) is 3.09. The first-order valence-corrected chi connectivity index (χ1v) is 8.67. The van der Waals surface area contributed by atoms with Gasteiger partial charge in [0.15, 0.2) is 5.65 Å². The molecule has 0 atom stereocenters. The van der Waals surface area contributed by atoms with Crippen LogP contribution >= 0.6 is 0 Å². The first kappa shape index (κ1) is 16.5. The molecule has 0 spiro atoms. The van der Waals surface area contributed by atoms with E-state index in [-0.39, 0.29) is 0 Å². The van der Waals surface area contributed by atoms with E-state index >= 15 is 0 Å². The van der Waals surface area contributed by atoms with Crippen LogP contribution in [0.15, 0.2) is 55.0 Å². The smallest absolute Gasteiger partial charge is 0.166 e. The molecule has 6 heteroatoms. The summed E-state index contributed by atoms with van der Waals surface area (Å²) in [6.07, 6.45) is 5.60. The minimum atomic E-state index is 0.613. The summed E-state index contributed by atoms with van der Waals surface area (Å²) in [4.78, 5) is 9.16. The molecule has 0 N–H and O–H groups in total. The number of fused-ring (bicyclic) bond motifs is 1. The molecule has 0 fully saturated rings. The van der Waals surface area contributed by atoms with Gasteiger partial charge in [0.05, 0.1) is 25.0 Å². The SMILES string of the molecule is Cc1cc(C)n2ncc(-c3nccn3CCOCc3ccccc3)c2n1. The third kappa shape index (κ3) is 3.23. The second-order valence-electron chi connectivity index (χ2n) is 6.31. The van der Waals surface area contributed by atoms with E-state index < -0.39 is 0 Å². The Bertz CT molecular complexity index is 1020. The minimum absolute atomic E-state index is 0.613. The average Bonchev–Trinajstić information content (AvgIpc) is 3.26. The summed E-state index contributed by atoms with van der Waals surface area (Å²) in [6, 6.07) is 12.2. The summed E-state index contributed by atoms with van der Waals surface area (Å²) >= 11 is 0. The Balaban J connectivity index is 1.51. The van der Waals surface area contributed by atoms with E-state index in [1.165, 1.54) is 5.56 Å². The molecular weight excluding hydrogens is 326 g/mol. The quantitative estimate of drug-likeness (QED) is 0.502. The molecule has 3 aromatic heterocycles. The molecule has 0 unspecified atom stereocenters. The van der Waals surface area contributed by atoms with Crippen molar-refractivity contribution in [3.05, 3.63) is 71.9 Å². The predicted molar refractivity (Wildman–Crippen MR) is 99.8 cm³/mol. The van der Waals surface area contributed by atoms with Crippen molar-refractivity contribution < 1.29 is 4.74 Å². The van der Waals surface area contributed by atoms with Gasteiger partial charge in [0.2, 0.25) is 0 Å². The van der Waals surface area contributed by atoms with E-state index in [9.17, 15) is 0 Å². The molecule has 6 nitrogen and oxygen atoms in total. The standard InChI is InChI=1S/C20H21N5O/c1-15-12-16(2)25-20(23-15)18(13-22-25)19-21-8-9-24(19)10-11-26-14-17-6-4-3-5-7-17/h3-9,12-13H,10-11,14H2,1-2H3. The van der Waals surface area contributed by atoms with Gasteiger partial charge >= 0.3 is 0 Å². The van der Waals surface area contributed by atoms with E-state index in [2.05, 4.69) is 31.8 Å². The van der Waals surface area contributed by atoms with Gasteiger partial charge in [-0.05, 0) is 25.5 Å². The number of imidazole rings is 1. The molecule has 26 heavy (non-hydrogen) atoms. The molecule has 0 bridgehead atoms. The zero-order valence-electron chi connectivity index (χ0n) is 15.0. The van der Waals surface area contributed by atoms with E-state index in [0.717, 1.165) is 35.0 Å². The number of benzene rings is 1. The van der Waals surface area contributed by atoms with Gasteiger partial charge < -0.3 is 9.30 Å². The molecule has 0 aliphatic heterocycles. The van der Waals surface area contributed by atoms with Crippen molar-refractivity contribution in [2.75, 3.05) is 6.61 Å².